The van der Waals surface area contributed by atoms with E-state index in [0.29, 0.717) is 17.5 Å². The van der Waals surface area contributed by atoms with Gasteiger partial charge in [0.2, 0.25) is 0 Å². The van der Waals surface area contributed by atoms with E-state index in [1.165, 1.54) is 84.0 Å². The van der Waals surface area contributed by atoms with Gasteiger partial charge in [-0.25, -0.2) is 15.0 Å². The first-order chi connectivity index (χ1) is 37.7. The predicted molar refractivity (Wildman–Crippen MR) is 321 cm³/mol. The highest BCUT2D eigenvalue weighted by Gasteiger charge is 2.22. The fourth-order valence-corrected chi connectivity index (χ4v) is 14.2. The molecule has 0 aliphatic rings. The van der Waals surface area contributed by atoms with Gasteiger partial charge >= 0.3 is 0 Å². The second kappa shape index (κ2) is 17.0. The number of hydrogen-bond acceptors (Lipinski definition) is 5. The zero-order chi connectivity index (χ0) is 49.8. The number of benzene rings is 11. The van der Waals surface area contributed by atoms with Gasteiger partial charge < -0.3 is 9.13 Å². The molecule has 0 saturated heterocycles. The molecule has 11 aromatic carbocycles. The lowest BCUT2D eigenvalue weighted by Crippen LogP contribution is -2.01. The van der Waals surface area contributed by atoms with Crippen molar-refractivity contribution in [1.82, 2.24) is 24.1 Å². The van der Waals surface area contributed by atoms with Crippen LogP contribution in [0.1, 0.15) is 0 Å². The summed E-state index contributed by atoms with van der Waals surface area (Å²) in [7, 11) is 0. The van der Waals surface area contributed by atoms with E-state index in [1.54, 1.807) is 0 Å². The van der Waals surface area contributed by atoms with Crippen molar-refractivity contribution in [2.45, 2.75) is 0 Å². The Kier molecular flexibility index (Phi) is 9.61. The topological polar surface area (TPSA) is 48.5 Å². The summed E-state index contributed by atoms with van der Waals surface area (Å²) < 4.78 is 9.91. The van der Waals surface area contributed by atoms with Crippen molar-refractivity contribution in [2.75, 3.05) is 0 Å². The van der Waals surface area contributed by atoms with Crippen LogP contribution in [-0.2, 0) is 0 Å². The van der Waals surface area contributed by atoms with Crippen LogP contribution in [0.25, 0.3) is 152 Å². The smallest absolute Gasteiger partial charge is 0.164 e. The minimum atomic E-state index is 0.620. The highest BCUT2D eigenvalue weighted by Crippen LogP contribution is 2.47. The van der Waals surface area contributed by atoms with Gasteiger partial charge in [-0.3, -0.25) is 0 Å². The molecule has 7 heteroatoms. The lowest BCUT2D eigenvalue weighted by atomic mass is 9.93. The van der Waals surface area contributed by atoms with Crippen LogP contribution in [0.3, 0.4) is 0 Å². The van der Waals surface area contributed by atoms with E-state index in [0.717, 1.165) is 50.3 Å². The van der Waals surface area contributed by atoms with Crippen LogP contribution in [-0.4, -0.2) is 24.1 Å². The van der Waals surface area contributed by atoms with Crippen LogP contribution in [0.15, 0.2) is 249 Å². The molecule has 0 saturated carbocycles. The number of fused-ring (bicyclic) bond motifs is 14. The van der Waals surface area contributed by atoms with Gasteiger partial charge in [0.25, 0.3) is 0 Å². The van der Waals surface area contributed by atoms with Crippen LogP contribution in [0.5, 0.6) is 0 Å². The van der Waals surface area contributed by atoms with E-state index in [2.05, 4.69) is 221 Å². The maximum Gasteiger partial charge on any atom is 0.164 e. The summed E-state index contributed by atoms with van der Waals surface area (Å²) in [5.74, 6) is 1.88. The van der Waals surface area contributed by atoms with Gasteiger partial charge in [0.1, 0.15) is 0 Å². The van der Waals surface area contributed by atoms with Crippen molar-refractivity contribution in [3.8, 4) is 67.8 Å². The summed E-state index contributed by atoms with van der Waals surface area (Å²) in [6, 6.07) is 89.6. The zero-order valence-electron chi connectivity index (χ0n) is 40.7. The van der Waals surface area contributed by atoms with E-state index in [9.17, 15) is 0 Å². The second-order valence-electron chi connectivity index (χ2n) is 19.5. The molecule has 5 heterocycles. The van der Waals surface area contributed by atoms with E-state index in [1.807, 2.05) is 59.1 Å². The third-order valence-corrected chi connectivity index (χ3v) is 17.6. The van der Waals surface area contributed by atoms with Crippen molar-refractivity contribution in [1.29, 1.82) is 0 Å². The Morgan fingerprint density at radius 2 is 0.684 bits per heavy atom. The molecule has 16 rings (SSSR count). The molecule has 5 nitrogen and oxygen atoms in total. The third-order valence-electron chi connectivity index (χ3n) is 15.2. The molecule has 0 atom stereocenters. The Morgan fingerprint density at radius 3 is 1.21 bits per heavy atom. The average Bonchev–Trinajstić information content (AvgIpc) is 4.30. The van der Waals surface area contributed by atoms with Crippen LogP contribution in [0, 0.1) is 0 Å². The quantitative estimate of drug-likeness (QED) is 0.160. The fourth-order valence-electron chi connectivity index (χ4n) is 11.7. The SMILES string of the molecule is c1ccc(-c2nc(-c3ccccc3)nc(-c3cc(-c4ccc5sc6c(ccc7c6c6ccccc6n7-c6ccccc6)c5c4)ccc3-c3ccc4sc5c(ccc6c5c5ccccc5n6-c5ccccc5)c4c3)n2)cc1. The molecule has 0 aliphatic heterocycles. The normalized spacial score (nSPS) is 11.9. The first-order valence-corrected chi connectivity index (χ1v) is 27.2. The first kappa shape index (κ1) is 42.9. The first-order valence-electron chi connectivity index (χ1n) is 25.6. The molecule has 16 aromatic rings. The fraction of sp³-hybridized carbons (Fsp3) is 0. The summed E-state index contributed by atoms with van der Waals surface area (Å²) in [6.07, 6.45) is 0. The molecule has 0 bridgehead atoms. The van der Waals surface area contributed by atoms with Gasteiger partial charge in [-0.2, -0.15) is 0 Å². The standard InChI is InChI=1S/C69H41N5S2/c1-5-17-42(18-6-1)67-70-68(43-19-7-2-8-20-43)72-69(71-67)56-40-44(45-30-37-61-54(39-45)50-33-35-59-63(65(50)75-61)52-25-13-15-27-57(52)73(59)47-21-9-3-10-22-47)29-32-49(56)46-31-38-62-55(41-46)51-34-36-60-64(66(51)76-62)53-26-14-16-28-58(53)74(60)48-23-11-4-12-24-48/h1-41H. The number of thiophene rings is 2. The van der Waals surface area contributed by atoms with Gasteiger partial charge in [0.05, 0.1) is 22.1 Å². The molecule has 0 spiro atoms. The summed E-state index contributed by atoms with van der Waals surface area (Å²) in [5.41, 5.74) is 14.3. The Hall–Kier alpha value is -9.53. The molecule has 76 heavy (non-hydrogen) atoms. The van der Waals surface area contributed by atoms with Crippen LogP contribution < -0.4 is 0 Å². The Morgan fingerprint density at radius 1 is 0.263 bits per heavy atom. The number of aromatic nitrogens is 5. The Balaban J connectivity index is 0.901. The maximum atomic E-state index is 5.35. The summed E-state index contributed by atoms with van der Waals surface area (Å²) >= 11 is 3.75. The van der Waals surface area contributed by atoms with Crippen molar-refractivity contribution >= 4 is 107 Å². The van der Waals surface area contributed by atoms with Crippen LogP contribution in [0.2, 0.25) is 0 Å². The number of rotatable bonds is 7. The van der Waals surface area contributed by atoms with Crippen molar-refractivity contribution in [2.24, 2.45) is 0 Å². The van der Waals surface area contributed by atoms with Crippen molar-refractivity contribution in [3.05, 3.63) is 249 Å². The second-order valence-corrected chi connectivity index (χ2v) is 21.6. The molecule has 0 unspecified atom stereocenters. The highest BCUT2D eigenvalue weighted by atomic mass is 32.1. The van der Waals surface area contributed by atoms with Gasteiger partial charge in [0, 0.05) is 90.0 Å². The zero-order valence-corrected chi connectivity index (χ0v) is 42.4. The molecule has 5 aromatic heterocycles. The highest BCUT2D eigenvalue weighted by molar-refractivity contribution is 7.27. The summed E-state index contributed by atoms with van der Waals surface area (Å²) in [5, 5.41) is 10.1. The third kappa shape index (κ3) is 6.66. The Labute approximate surface area is 444 Å². The number of nitrogens with zero attached hydrogens (tertiary/aromatic N) is 5. The largest absolute Gasteiger partial charge is 0.309 e. The summed E-state index contributed by atoms with van der Waals surface area (Å²) in [4.78, 5) is 15.8. The molecule has 0 amide bonds. The van der Waals surface area contributed by atoms with Gasteiger partial charge in [-0.15, -0.1) is 22.7 Å². The van der Waals surface area contributed by atoms with Gasteiger partial charge in [-0.1, -0.05) is 170 Å². The van der Waals surface area contributed by atoms with Crippen LogP contribution >= 0.6 is 22.7 Å². The van der Waals surface area contributed by atoms with Gasteiger partial charge in [0.15, 0.2) is 17.5 Å². The molecule has 0 aliphatic carbocycles. The van der Waals surface area contributed by atoms with E-state index in [4.69, 9.17) is 15.0 Å². The molecule has 0 radical (unpaired) electrons. The minimum Gasteiger partial charge on any atom is -0.309 e. The number of hydrogen-bond donors (Lipinski definition) is 0. The molecule has 354 valence electrons. The van der Waals surface area contributed by atoms with Gasteiger partial charge in [-0.05, 0) is 101 Å². The molecular weight excluding hydrogens is 963 g/mol. The number of para-hydroxylation sites is 4. The predicted octanol–water partition coefficient (Wildman–Crippen LogP) is 19.1. The van der Waals surface area contributed by atoms with Crippen molar-refractivity contribution < 1.29 is 0 Å². The molecular formula is C69H41N5S2. The summed E-state index contributed by atoms with van der Waals surface area (Å²) in [6.45, 7) is 0. The van der Waals surface area contributed by atoms with E-state index < -0.39 is 0 Å². The Bertz CT molecular complexity index is 4920. The minimum absolute atomic E-state index is 0.620. The monoisotopic (exact) mass is 1000 g/mol. The maximum absolute atomic E-state index is 5.35. The molecule has 0 fully saturated rings. The van der Waals surface area contributed by atoms with Crippen molar-refractivity contribution in [3.63, 3.8) is 0 Å². The average molecular weight is 1000 g/mol. The van der Waals surface area contributed by atoms with E-state index >= 15 is 0 Å². The molecule has 0 N–H and O–H groups in total. The van der Waals surface area contributed by atoms with Crippen LogP contribution in [0.4, 0.5) is 0 Å². The lowest BCUT2D eigenvalue weighted by Gasteiger charge is -2.14. The lowest BCUT2D eigenvalue weighted by molar-refractivity contribution is 1.07. The van der Waals surface area contributed by atoms with E-state index in [-0.39, 0.29) is 0 Å².